The van der Waals surface area contributed by atoms with Gasteiger partial charge in [-0.3, -0.25) is 9.79 Å². The Bertz CT molecular complexity index is 1630. The third kappa shape index (κ3) is 7.69. The Morgan fingerprint density at radius 3 is 2.32 bits per heavy atom. The number of carbonyl (C=O) groups is 1. The van der Waals surface area contributed by atoms with Crippen molar-refractivity contribution in [2.24, 2.45) is 15.7 Å². The van der Waals surface area contributed by atoms with E-state index in [4.69, 9.17) is 29.4 Å². The number of methoxy groups -OCH3 is 3. The maximum Gasteiger partial charge on any atom is 0.245 e. The minimum Gasteiger partial charge on any atom is -0.493 e. The monoisotopic (exact) mass is 646 g/mol. The molecule has 0 saturated carbocycles. The summed E-state index contributed by atoms with van der Waals surface area (Å²) in [6.45, 7) is 9.52. The molecule has 0 radical (unpaired) electrons. The van der Waals surface area contributed by atoms with Crippen molar-refractivity contribution in [1.82, 2.24) is 9.88 Å². The molecule has 47 heavy (non-hydrogen) atoms. The van der Waals surface area contributed by atoms with Gasteiger partial charge in [0.1, 0.15) is 47.2 Å². The predicted molar refractivity (Wildman–Crippen MR) is 178 cm³/mol. The first-order valence-electron chi connectivity index (χ1n) is 15.1. The molecule has 1 aromatic heterocycles. The van der Waals surface area contributed by atoms with Crippen LogP contribution in [0.4, 0.5) is 21.6 Å². The smallest absolute Gasteiger partial charge is 0.245 e. The SMILES string of the molecule is C=CC(=O)N1CCC(Oc2cc(C(N)=Nc3ccc(Oc4ccnc(N5C[C@H](OC)[C@H](OC)C5)c4)cc3F)c(N=C)cc2OC)CC1. The Morgan fingerprint density at radius 2 is 1.70 bits per heavy atom. The molecule has 0 bridgehead atoms. The van der Waals surface area contributed by atoms with E-state index in [2.05, 4.69) is 28.3 Å². The second kappa shape index (κ2) is 15.1. The van der Waals surface area contributed by atoms with Crippen LogP contribution in [0.3, 0.4) is 0 Å². The summed E-state index contributed by atoms with van der Waals surface area (Å²) in [6, 6.07) is 11.1. The fourth-order valence-corrected chi connectivity index (χ4v) is 5.63. The largest absolute Gasteiger partial charge is 0.493 e. The Labute approximate surface area is 273 Å². The van der Waals surface area contributed by atoms with Gasteiger partial charge >= 0.3 is 0 Å². The predicted octanol–water partition coefficient (Wildman–Crippen LogP) is 4.80. The lowest BCUT2D eigenvalue weighted by molar-refractivity contribution is -0.127. The number of halogens is 1. The van der Waals surface area contributed by atoms with Crippen LogP contribution in [0.1, 0.15) is 18.4 Å². The van der Waals surface area contributed by atoms with E-state index in [0.29, 0.717) is 73.3 Å². The van der Waals surface area contributed by atoms with E-state index in [9.17, 15) is 4.79 Å². The van der Waals surface area contributed by atoms with Gasteiger partial charge in [-0.25, -0.2) is 14.4 Å². The number of aliphatic imine (C=N–C) groups is 2. The number of likely N-dealkylation sites (tertiary alicyclic amines) is 1. The lowest BCUT2D eigenvalue weighted by Crippen LogP contribution is -2.41. The number of hydrogen-bond donors (Lipinski definition) is 1. The highest BCUT2D eigenvalue weighted by molar-refractivity contribution is 6.04. The number of piperidine rings is 1. The lowest BCUT2D eigenvalue weighted by atomic mass is 10.1. The van der Waals surface area contributed by atoms with Crippen LogP contribution < -0.4 is 24.8 Å². The standard InChI is InChI=1S/C34H39FN6O6/c1-6-33(42)40-13-10-21(11-14-40)47-29-17-24(27(37-2)18-28(29)43-3)34(36)39-26-8-7-22(15-25(26)35)46-23-9-12-38-32(16-23)41-19-30(44-4)31(20-41)45-5/h6-9,12,15-18,21,30-31H,1-2,10-11,13-14,19-20H2,3-5H3,(H2,36,39)/t30-,31+. The molecule has 13 heteroatoms. The second-order valence-corrected chi connectivity index (χ2v) is 11.0. The molecule has 2 aliphatic heterocycles. The number of nitrogens with zero attached hydrogens (tertiary/aromatic N) is 5. The summed E-state index contributed by atoms with van der Waals surface area (Å²) in [5.74, 6) is 1.58. The van der Waals surface area contributed by atoms with E-state index in [1.807, 2.05) is 4.90 Å². The Hall–Kier alpha value is -5.01. The minimum absolute atomic E-state index is 0.00565. The van der Waals surface area contributed by atoms with Gasteiger partial charge in [0.2, 0.25) is 5.91 Å². The van der Waals surface area contributed by atoms with E-state index in [1.165, 1.54) is 25.3 Å². The number of aromatic nitrogens is 1. The van der Waals surface area contributed by atoms with Gasteiger partial charge in [0.15, 0.2) is 17.3 Å². The number of pyridine rings is 1. The first-order valence-corrected chi connectivity index (χ1v) is 15.1. The third-order valence-corrected chi connectivity index (χ3v) is 8.21. The van der Waals surface area contributed by atoms with Crippen LogP contribution in [-0.4, -0.2) is 94.2 Å². The maximum absolute atomic E-state index is 15.3. The topological polar surface area (TPSA) is 133 Å². The number of anilines is 1. The van der Waals surface area contributed by atoms with E-state index >= 15 is 4.39 Å². The Kier molecular flexibility index (Phi) is 10.7. The van der Waals surface area contributed by atoms with E-state index < -0.39 is 5.82 Å². The summed E-state index contributed by atoms with van der Waals surface area (Å²) in [5.41, 5.74) is 7.19. The van der Waals surface area contributed by atoms with Crippen LogP contribution in [0.5, 0.6) is 23.0 Å². The van der Waals surface area contributed by atoms with Gasteiger partial charge in [0, 0.05) is 83.2 Å². The van der Waals surface area contributed by atoms with Crippen molar-refractivity contribution in [2.45, 2.75) is 31.2 Å². The van der Waals surface area contributed by atoms with Crippen LogP contribution in [0.2, 0.25) is 0 Å². The summed E-state index contributed by atoms with van der Waals surface area (Å²) >= 11 is 0. The molecule has 0 unspecified atom stereocenters. The van der Waals surface area contributed by atoms with Crippen molar-refractivity contribution < 1.29 is 32.9 Å². The molecule has 2 aliphatic rings. The first kappa shape index (κ1) is 33.4. The lowest BCUT2D eigenvalue weighted by Gasteiger charge is -2.32. The molecule has 2 fully saturated rings. The molecule has 2 atom stereocenters. The van der Waals surface area contributed by atoms with Crippen LogP contribution in [0.15, 0.2) is 71.3 Å². The van der Waals surface area contributed by atoms with Crippen molar-refractivity contribution >= 4 is 35.7 Å². The molecule has 2 aromatic carbocycles. The molecular formula is C34H39FN6O6. The van der Waals surface area contributed by atoms with Gasteiger partial charge in [-0.2, -0.15) is 0 Å². The molecular weight excluding hydrogens is 607 g/mol. The van der Waals surface area contributed by atoms with Gasteiger partial charge in [0.05, 0.1) is 12.8 Å². The summed E-state index contributed by atoms with van der Waals surface area (Å²) in [5, 5.41) is 0. The number of ether oxygens (including phenoxy) is 5. The zero-order valence-electron chi connectivity index (χ0n) is 26.7. The second-order valence-electron chi connectivity index (χ2n) is 11.0. The van der Waals surface area contributed by atoms with Crippen molar-refractivity contribution in [3.8, 4) is 23.0 Å². The molecule has 1 amide bonds. The number of benzene rings is 2. The average Bonchev–Trinajstić information content (AvgIpc) is 3.53. The van der Waals surface area contributed by atoms with Crippen molar-refractivity contribution in [3.63, 3.8) is 0 Å². The normalized spacial score (nSPS) is 18.6. The van der Waals surface area contributed by atoms with Crippen LogP contribution in [-0.2, 0) is 14.3 Å². The highest BCUT2D eigenvalue weighted by Crippen LogP contribution is 2.37. The fourth-order valence-electron chi connectivity index (χ4n) is 5.63. The van der Waals surface area contributed by atoms with Gasteiger partial charge in [-0.15, -0.1) is 0 Å². The van der Waals surface area contributed by atoms with Gasteiger partial charge in [-0.05, 0) is 37.1 Å². The zero-order chi connectivity index (χ0) is 33.5. The molecule has 0 spiro atoms. The molecule has 3 aromatic rings. The molecule has 2 N–H and O–H groups in total. The maximum atomic E-state index is 15.3. The molecule has 5 rings (SSSR count). The Balaban J connectivity index is 1.31. The highest BCUT2D eigenvalue weighted by Gasteiger charge is 2.33. The van der Waals surface area contributed by atoms with Crippen molar-refractivity contribution in [3.05, 3.63) is 72.7 Å². The van der Waals surface area contributed by atoms with Crippen LogP contribution in [0.25, 0.3) is 0 Å². The molecule has 3 heterocycles. The highest BCUT2D eigenvalue weighted by atomic mass is 19.1. The van der Waals surface area contributed by atoms with Crippen LogP contribution >= 0.6 is 0 Å². The summed E-state index contributed by atoms with van der Waals surface area (Å²) in [7, 11) is 4.83. The van der Waals surface area contributed by atoms with Crippen LogP contribution in [0, 0.1) is 5.82 Å². The molecule has 2 saturated heterocycles. The summed E-state index contributed by atoms with van der Waals surface area (Å²) in [4.78, 5) is 28.6. The Morgan fingerprint density at radius 1 is 1.00 bits per heavy atom. The number of amides is 1. The van der Waals surface area contributed by atoms with Crippen molar-refractivity contribution in [1.29, 1.82) is 0 Å². The summed E-state index contributed by atoms with van der Waals surface area (Å²) in [6.07, 6.45) is 3.89. The third-order valence-electron chi connectivity index (χ3n) is 8.21. The average molecular weight is 647 g/mol. The van der Waals surface area contributed by atoms with E-state index in [1.54, 1.807) is 55.6 Å². The zero-order valence-corrected chi connectivity index (χ0v) is 26.7. The van der Waals surface area contributed by atoms with E-state index in [-0.39, 0.29) is 41.5 Å². The van der Waals surface area contributed by atoms with Gasteiger partial charge < -0.3 is 39.2 Å². The number of amidine groups is 1. The first-order chi connectivity index (χ1) is 22.8. The minimum atomic E-state index is -0.635. The quantitative estimate of drug-likeness (QED) is 0.167. The van der Waals surface area contributed by atoms with Gasteiger partial charge in [-0.1, -0.05) is 6.58 Å². The number of hydrogen-bond acceptors (Lipinski definition) is 10. The number of carbonyl (C=O) groups excluding carboxylic acids is 1. The molecule has 0 aliphatic carbocycles. The number of nitrogens with two attached hydrogens (primary N) is 1. The summed E-state index contributed by atoms with van der Waals surface area (Å²) < 4.78 is 44.1. The van der Waals surface area contributed by atoms with Crippen molar-refractivity contribution in [2.75, 3.05) is 52.4 Å². The van der Waals surface area contributed by atoms with Gasteiger partial charge in [0.25, 0.3) is 0 Å². The number of rotatable bonds is 12. The molecule has 12 nitrogen and oxygen atoms in total. The van der Waals surface area contributed by atoms with E-state index in [0.717, 1.165) is 0 Å². The fraction of sp³-hybridized carbons (Fsp3) is 0.353. The molecule has 248 valence electrons.